The number of nitrogens with one attached hydrogen (secondary N) is 1. The predicted molar refractivity (Wildman–Crippen MR) is 128 cm³/mol. The highest BCUT2D eigenvalue weighted by Gasteiger charge is 2.73. The van der Waals surface area contributed by atoms with Crippen LogP contribution in [0.3, 0.4) is 0 Å². The smallest absolute Gasteiger partial charge is 0.310 e. The maximum atomic E-state index is 13.8. The first-order valence-electron chi connectivity index (χ1n) is 11.7. The number of anilines is 1. The molecular formula is C24H31ClN2O5S. The van der Waals surface area contributed by atoms with E-state index < -0.39 is 22.6 Å². The molecule has 5 atom stereocenters. The summed E-state index contributed by atoms with van der Waals surface area (Å²) in [6.45, 7) is 4.42. The van der Waals surface area contributed by atoms with Crippen molar-refractivity contribution in [1.82, 2.24) is 4.90 Å². The summed E-state index contributed by atoms with van der Waals surface area (Å²) in [6.07, 6.45) is 3.58. The topological polar surface area (TPSA) is 95.9 Å². The third-order valence-corrected chi connectivity index (χ3v) is 9.40. The second-order valence-electron chi connectivity index (χ2n) is 9.04. The van der Waals surface area contributed by atoms with Crippen LogP contribution in [0.5, 0.6) is 0 Å². The van der Waals surface area contributed by atoms with Crippen molar-refractivity contribution < 1.29 is 24.2 Å². The first-order chi connectivity index (χ1) is 15.9. The van der Waals surface area contributed by atoms with Crippen molar-refractivity contribution in [2.45, 2.75) is 62.0 Å². The van der Waals surface area contributed by atoms with E-state index in [2.05, 4.69) is 5.32 Å². The summed E-state index contributed by atoms with van der Waals surface area (Å²) < 4.78 is 4.69. The Morgan fingerprint density at radius 2 is 2.12 bits per heavy atom. The van der Waals surface area contributed by atoms with Crippen LogP contribution in [0.1, 0.15) is 44.6 Å². The van der Waals surface area contributed by atoms with E-state index in [0.29, 0.717) is 36.5 Å². The fourth-order valence-corrected chi connectivity index (χ4v) is 8.23. The number of amides is 2. The van der Waals surface area contributed by atoms with Crippen LogP contribution >= 0.6 is 23.4 Å². The van der Waals surface area contributed by atoms with Gasteiger partial charge in [0.2, 0.25) is 11.8 Å². The van der Waals surface area contributed by atoms with Crippen LogP contribution in [-0.2, 0) is 19.1 Å². The van der Waals surface area contributed by atoms with Crippen molar-refractivity contribution in [2.75, 3.05) is 25.1 Å². The fourth-order valence-electron chi connectivity index (χ4n) is 5.75. The van der Waals surface area contributed by atoms with Crippen LogP contribution in [0.15, 0.2) is 18.2 Å². The lowest BCUT2D eigenvalue weighted by molar-refractivity contribution is -0.153. The zero-order chi connectivity index (χ0) is 23.8. The van der Waals surface area contributed by atoms with E-state index in [4.69, 9.17) is 21.4 Å². The maximum Gasteiger partial charge on any atom is 0.310 e. The lowest BCUT2D eigenvalue weighted by Gasteiger charge is -2.34. The number of para-hydroxylation sites is 1. The number of hydrogen-bond acceptors (Lipinski definition) is 6. The molecule has 3 aliphatic rings. The molecule has 0 aromatic heterocycles. The highest BCUT2D eigenvalue weighted by molar-refractivity contribution is 8.02. The van der Waals surface area contributed by atoms with Crippen molar-refractivity contribution in [1.29, 1.82) is 0 Å². The minimum atomic E-state index is -0.686. The van der Waals surface area contributed by atoms with Gasteiger partial charge in [0.05, 0.1) is 33.9 Å². The van der Waals surface area contributed by atoms with Crippen LogP contribution in [0.25, 0.3) is 0 Å². The first-order valence-corrected chi connectivity index (χ1v) is 12.9. The molecule has 2 unspecified atom stereocenters. The highest BCUT2D eigenvalue weighted by Crippen LogP contribution is 2.66. The van der Waals surface area contributed by atoms with Gasteiger partial charge >= 0.3 is 5.97 Å². The number of aliphatic hydroxyl groups is 1. The van der Waals surface area contributed by atoms with Gasteiger partial charge in [-0.05, 0) is 57.6 Å². The number of thioether (sulfide) groups is 1. The quantitative estimate of drug-likeness (QED) is 0.403. The molecule has 1 aromatic rings. The molecule has 1 spiro atoms. The number of hydrogen-bond donors (Lipinski definition) is 2. The monoisotopic (exact) mass is 494 g/mol. The molecule has 2 bridgehead atoms. The van der Waals surface area contributed by atoms with E-state index in [0.717, 1.165) is 18.4 Å². The molecule has 4 rings (SSSR count). The van der Waals surface area contributed by atoms with E-state index in [1.807, 2.05) is 19.1 Å². The number of ether oxygens (including phenoxy) is 1. The van der Waals surface area contributed by atoms with E-state index in [1.54, 1.807) is 29.7 Å². The number of fused-ring (bicyclic) bond motifs is 1. The molecule has 180 valence electrons. The molecule has 0 aliphatic carbocycles. The molecule has 9 heteroatoms. The van der Waals surface area contributed by atoms with Gasteiger partial charge in [-0.15, -0.1) is 11.8 Å². The number of aliphatic hydroxyl groups excluding tert-OH is 1. The molecule has 3 heterocycles. The van der Waals surface area contributed by atoms with Crippen molar-refractivity contribution in [2.24, 2.45) is 11.8 Å². The summed E-state index contributed by atoms with van der Waals surface area (Å²) in [5.74, 6) is -1.81. The Morgan fingerprint density at radius 3 is 2.82 bits per heavy atom. The summed E-state index contributed by atoms with van der Waals surface area (Å²) in [6, 6.07) is 4.74. The highest BCUT2D eigenvalue weighted by atomic mass is 35.5. The first kappa shape index (κ1) is 24.4. The van der Waals surface area contributed by atoms with Gasteiger partial charge in [0, 0.05) is 18.4 Å². The van der Waals surface area contributed by atoms with E-state index in [9.17, 15) is 14.4 Å². The molecule has 33 heavy (non-hydrogen) atoms. The molecule has 2 N–H and O–H groups in total. The maximum absolute atomic E-state index is 13.8. The molecule has 7 nitrogen and oxygen atoms in total. The van der Waals surface area contributed by atoms with Crippen LogP contribution < -0.4 is 5.32 Å². The van der Waals surface area contributed by atoms with Crippen molar-refractivity contribution in [3.63, 3.8) is 0 Å². The Labute approximate surface area is 203 Å². The predicted octanol–water partition coefficient (Wildman–Crippen LogP) is 3.40. The zero-order valence-electron chi connectivity index (χ0n) is 19.0. The number of carbonyl (C=O) groups excluding carboxylic acids is 3. The lowest BCUT2D eigenvalue weighted by Crippen LogP contribution is -2.51. The number of likely N-dealkylation sites (tertiary alicyclic amines) is 1. The van der Waals surface area contributed by atoms with Crippen LogP contribution in [0.4, 0.5) is 5.69 Å². The van der Waals surface area contributed by atoms with Crippen LogP contribution in [0.2, 0.25) is 5.02 Å². The lowest BCUT2D eigenvalue weighted by atomic mass is 9.71. The average Bonchev–Trinajstić information content (AvgIpc) is 3.41. The normalized spacial score (nSPS) is 29.9. The summed E-state index contributed by atoms with van der Waals surface area (Å²) in [5.41, 5.74) is 1.40. The summed E-state index contributed by atoms with van der Waals surface area (Å²) in [7, 11) is 0. The summed E-state index contributed by atoms with van der Waals surface area (Å²) >= 11 is 7.99. The van der Waals surface area contributed by atoms with Gasteiger partial charge in [-0.2, -0.15) is 0 Å². The van der Waals surface area contributed by atoms with Crippen LogP contribution in [-0.4, -0.2) is 63.6 Å². The number of esters is 1. The van der Waals surface area contributed by atoms with Gasteiger partial charge in [0.25, 0.3) is 0 Å². The molecule has 3 aliphatic heterocycles. The van der Waals surface area contributed by atoms with Crippen molar-refractivity contribution in [3.05, 3.63) is 28.8 Å². The Balaban J connectivity index is 1.67. The average molecular weight is 495 g/mol. The number of aryl methyl sites for hydroxylation is 1. The third kappa shape index (κ3) is 4.15. The van der Waals surface area contributed by atoms with E-state index in [1.165, 1.54) is 0 Å². The molecule has 1 aromatic carbocycles. The summed E-state index contributed by atoms with van der Waals surface area (Å²) in [4.78, 5) is 42.0. The molecule has 3 saturated heterocycles. The second-order valence-corrected chi connectivity index (χ2v) is 11.1. The SMILES string of the molecule is CCOC(=O)[C@@H]1[C@@H]2CCC3(S2)C(C(=O)Nc2c(C)cccc2Cl)N(CCCCCO)C(=O)[C@H]13. The van der Waals surface area contributed by atoms with Gasteiger partial charge in [-0.3, -0.25) is 14.4 Å². The zero-order valence-corrected chi connectivity index (χ0v) is 20.6. The molecule has 0 saturated carbocycles. The minimum Gasteiger partial charge on any atom is -0.466 e. The Kier molecular flexibility index (Phi) is 7.26. The standard InChI is InChI=1S/C24H31ClN2O5S/c1-3-32-23(31)17-16-10-11-24(33-16)18(17)22(30)27(12-5-4-6-13-28)20(24)21(29)26-19-14(2)8-7-9-15(19)25/h7-9,16-18,20,28H,3-6,10-13H2,1-2H3,(H,26,29)/t16-,17+,18-,20?,24?/m0/s1. The van der Waals surface area contributed by atoms with Crippen molar-refractivity contribution in [3.8, 4) is 0 Å². The summed E-state index contributed by atoms with van der Waals surface area (Å²) in [5, 5.41) is 12.6. The molecule has 3 fully saturated rings. The fraction of sp³-hybridized carbons (Fsp3) is 0.625. The number of unbranched alkanes of at least 4 members (excludes halogenated alkanes) is 2. The van der Waals surface area contributed by atoms with Gasteiger partial charge in [0.15, 0.2) is 0 Å². The van der Waals surface area contributed by atoms with E-state index in [-0.39, 0.29) is 36.2 Å². The number of carbonyl (C=O) groups is 3. The van der Waals surface area contributed by atoms with Gasteiger partial charge in [0.1, 0.15) is 6.04 Å². The van der Waals surface area contributed by atoms with Gasteiger partial charge in [-0.1, -0.05) is 23.7 Å². The van der Waals surface area contributed by atoms with E-state index >= 15 is 0 Å². The van der Waals surface area contributed by atoms with Crippen molar-refractivity contribution >= 4 is 46.8 Å². The number of benzene rings is 1. The molecule has 0 radical (unpaired) electrons. The molecular weight excluding hydrogens is 464 g/mol. The van der Waals surface area contributed by atoms with Gasteiger partial charge in [-0.25, -0.2) is 0 Å². The Hall–Kier alpha value is -1.77. The Morgan fingerprint density at radius 1 is 1.33 bits per heavy atom. The second kappa shape index (κ2) is 9.84. The number of rotatable bonds is 9. The minimum absolute atomic E-state index is 0.00751. The number of halogens is 1. The number of nitrogens with zero attached hydrogens (tertiary/aromatic N) is 1. The molecule has 2 amide bonds. The Bertz CT molecular complexity index is 923. The van der Waals surface area contributed by atoms with Crippen LogP contribution in [0, 0.1) is 18.8 Å². The third-order valence-electron chi connectivity index (χ3n) is 7.13. The largest absolute Gasteiger partial charge is 0.466 e. The van der Waals surface area contributed by atoms with Gasteiger partial charge < -0.3 is 20.1 Å².